The van der Waals surface area contributed by atoms with E-state index in [4.69, 9.17) is 0 Å². The smallest absolute Gasteiger partial charge is 0.215 e. The van der Waals surface area contributed by atoms with Crippen LogP contribution in [-0.4, -0.2) is 11.3 Å². The van der Waals surface area contributed by atoms with E-state index in [1.165, 1.54) is 0 Å². The monoisotopic (exact) mass is 201 g/mol. The summed E-state index contributed by atoms with van der Waals surface area (Å²) in [7, 11) is 0. The van der Waals surface area contributed by atoms with Crippen molar-refractivity contribution in [3.05, 3.63) is 5.63 Å². The second kappa shape index (κ2) is 2.70. The molecule has 0 amide bonds. The molecule has 0 rings (SSSR count). The van der Waals surface area contributed by atoms with Gasteiger partial charge in [-0.2, -0.15) is 13.2 Å². The molecule has 0 aliphatic carbocycles. The standard InChI is InChI=1S/C3Cl2F5/c4-1(6)2(5,7)3(8,9)10. The van der Waals surface area contributed by atoms with Crippen molar-refractivity contribution in [3.8, 4) is 0 Å². The Kier molecular flexibility index (Phi) is 2.76. The Morgan fingerprint density at radius 2 is 1.40 bits per heavy atom. The molecule has 0 nitrogen and oxygen atoms in total. The molecule has 0 spiro atoms. The molecule has 0 N–H and O–H groups in total. The highest BCUT2D eigenvalue weighted by Crippen LogP contribution is 2.46. The predicted octanol–water partition coefficient (Wildman–Crippen LogP) is 3.15. The van der Waals surface area contributed by atoms with Gasteiger partial charge in [0.05, 0.1) is 0 Å². The summed E-state index contributed by atoms with van der Waals surface area (Å²) in [6, 6.07) is 0. The van der Waals surface area contributed by atoms with Gasteiger partial charge in [0.1, 0.15) is 0 Å². The minimum atomic E-state index is -5.53. The van der Waals surface area contributed by atoms with E-state index in [1.54, 1.807) is 0 Å². The zero-order valence-corrected chi connectivity index (χ0v) is 5.66. The van der Waals surface area contributed by atoms with Crippen LogP contribution in [-0.2, 0) is 0 Å². The van der Waals surface area contributed by atoms with Gasteiger partial charge in [0, 0.05) is 0 Å². The second-order valence-corrected chi connectivity index (χ2v) is 2.19. The Morgan fingerprint density at radius 1 is 1.10 bits per heavy atom. The third kappa shape index (κ3) is 1.85. The number of hydrogen-bond acceptors (Lipinski definition) is 0. The number of alkyl halides is 5. The van der Waals surface area contributed by atoms with Crippen molar-refractivity contribution in [1.82, 2.24) is 0 Å². The first kappa shape index (κ1) is 10.2. The van der Waals surface area contributed by atoms with Gasteiger partial charge in [-0.1, -0.05) is 23.2 Å². The van der Waals surface area contributed by atoms with Gasteiger partial charge in [-0.3, -0.25) is 0 Å². The minimum Gasteiger partial charge on any atom is -0.215 e. The lowest BCUT2D eigenvalue weighted by Gasteiger charge is -2.19. The molecule has 0 saturated carbocycles. The fourth-order valence-corrected chi connectivity index (χ4v) is 0.214. The van der Waals surface area contributed by atoms with Crippen molar-refractivity contribution in [1.29, 1.82) is 0 Å². The third-order valence-corrected chi connectivity index (χ3v) is 1.33. The van der Waals surface area contributed by atoms with Crippen molar-refractivity contribution in [2.24, 2.45) is 0 Å². The number of rotatable bonds is 1. The van der Waals surface area contributed by atoms with E-state index in [9.17, 15) is 22.0 Å². The molecule has 61 valence electrons. The number of hydrogen-bond donors (Lipinski definition) is 0. The largest absolute Gasteiger partial charge is 0.441 e. The van der Waals surface area contributed by atoms with Crippen LogP contribution in [0.4, 0.5) is 22.0 Å². The fourth-order valence-electron chi connectivity index (χ4n) is 0.107. The second-order valence-electron chi connectivity index (χ2n) is 1.33. The van der Waals surface area contributed by atoms with Crippen LogP contribution in [0.15, 0.2) is 0 Å². The Morgan fingerprint density at radius 3 is 1.40 bits per heavy atom. The molecule has 0 aromatic carbocycles. The Labute approximate surface area is 62.9 Å². The SMILES string of the molecule is F[C](Cl)C(F)(Cl)C(F)(F)F. The zero-order valence-electron chi connectivity index (χ0n) is 4.15. The highest BCUT2D eigenvalue weighted by molar-refractivity contribution is 6.35. The Bertz CT molecular complexity index is 117. The molecule has 0 aliphatic heterocycles. The summed E-state index contributed by atoms with van der Waals surface area (Å²) in [5, 5.41) is -4.57. The van der Waals surface area contributed by atoms with Gasteiger partial charge in [0.25, 0.3) is 5.63 Å². The first-order valence-corrected chi connectivity index (χ1v) is 2.58. The summed E-state index contributed by atoms with van der Waals surface area (Å²) in [5.41, 5.74) is -2.54. The van der Waals surface area contributed by atoms with Crippen LogP contribution in [0.3, 0.4) is 0 Å². The van der Waals surface area contributed by atoms with Crippen molar-refractivity contribution >= 4 is 23.2 Å². The average Bonchev–Trinajstić information content (AvgIpc) is 1.62. The summed E-state index contributed by atoms with van der Waals surface area (Å²) in [6.45, 7) is 0. The van der Waals surface area contributed by atoms with E-state index in [-0.39, 0.29) is 0 Å². The Hall–Kier alpha value is 0.230. The van der Waals surface area contributed by atoms with E-state index in [2.05, 4.69) is 23.2 Å². The average molecular weight is 202 g/mol. The maximum Gasteiger partial charge on any atom is 0.441 e. The lowest BCUT2D eigenvalue weighted by Crippen LogP contribution is -2.37. The lowest BCUT2D eigenvalue weighted by molar-refractivity contribution is -0.195. The van der Waals surface area contributed by atoms with Crippen LogP contribution >= 0.6 is 23.2 Å². The molecule has 0 heterocycles. The topological polar surface area (TPSA) is 0 Å². The van der Waals surface area contributed by atoms with E-state index < -0.39 is 16.9 Å². The predicted molar refractivity (Wildman–Crippen MR) is 26.0 cm³/mol. The molecule has 0 fully saturated rings. The van der Waals surface area contributed by atoms with Gasteiger partial charge in [0.15, 0.2) is 0 Å². The molecular weight excluding hydrogens is 202 g/mol. The van der Waals surface area contributed by atoms with Crippen molar-refractivity contribution in [2.75, 3.05) is 0 Å². The van der Waals surface area contributed by atoms with Crippen molar-refractivity contribution in [2.45, 2.75) is 11.3 Å². The normalized spacial score (nSPS) is 19.2. The zero-order chi connectivity index (χ0) is 8.58. The van der Waals surface area contributed by atoms with Crippen LogP contribution in [0.5, 0.6) is 0 Å². The van der Waals surface area contributed by atoms with Crippen LogP contribution in [0.1, 0.15) is 0 Å². The molecular formula is C3Cl2F5. The van der Waals surface area contributed by atoms with Crippen LogP contribution in [0.2, 0.25) is 0 Å². The fraction of sp³-hybridized carbons (Fsp3) is 0.667. The highest BCUT2D eigenvalue weighted by Gasteiger charge is 2.61. The molecule has 10 heavy (non-hydrogen) atoms. The van der Waals surface area contributed by atoms with Crippen LogP contribution in [0.25, 0.3) is 0 Å². The van der Waals surface area contributed by atoms with Gasteiger partial charge in [-0.25, -0.2) is 8.78 Å². The van der Waals surface area contributed by atoms with E-state index in [0.29, 0.717) is 0 Å². The molecule has 7 heteroatoms. The molecule has 0 aliphatic rings. The van der Waals surface area contributed by atoms with Gasteiger partial charge < -0.3 is 0 Å². The third-order valence-electron chi connectivity index (χ3n) is 0.593. The molecule has 0 saturated heterocycles. The van der Waals surface area contributed by atoms with Gasteiger partial charge in [-0.15, -0.1) is 0 Å². The van der Waals surface area contributed by atoms with Gasteiger partial charge in [-0.05, 0) is 0 Å². The first-order chi connectivity index (χ1) is 4.19. The maximum atomic E-state index is 11.8. The summed E-state index contributed by atoms with van der Waals surface area (Å²) in [5.74, 6) is 0. The maximum absolute atomic E-state index is 11.8. The first-order valence-electron chi connectivity index (χ1n) is 1.82. The molecule has 1 unspecified atom stereocenters. The van der Waals surface area contributed by atoms with Crippen LogP contribution in [0, 0.1) is 5.63 Å². The van der Waals surface area contributed by atoms with Gasteiger partial charge in [0.2, 0.25) is 0 Å². The summed E-state index contributed by atoms with van der Waals surface area (Å²) >= 11 is 8.09. The van der Waals surface area contributed by atoms with Gasteiger partial charge >= 0.3 is 11.3 Å². The van der Waals surface area contributed by atoms with Crippen molar-refractivity contribution in [3.63, 3.8) is 0 Å². The van der Waals surface area contributed by atoms with Crippen LogP contribution < -0.4 is 0 Å². The summed E-state index contributed by atoms with van der Waals surface area (Å²) in [6.07, 6.45) is -5.53. The van der Waals surface area contributed by atoms with E-state index >= 15 is 0 Å². The minimum absolute atomic E-state index is 2.54. The lowest BCUT2D eigenvalue weighted by atomic mass is 10.4. The van der Waals surface area contributed by atoms with Crippen molar-refractivity contribution < 1.29 is 22.0 Å². The quantitative estimate of drug-likeness (QED) is 0.452. The molecule has 1 atom stereocenters. The molecule has 1 radical (unpaired) electrons. The molecule has 0 aromatic rings. The van der Waals surface area contributed by atoms with E-state index in [1.807, 2.05) is 0 Å². The highest BCUT2D eigenvalue weighted by atomic mass is 35.5. The molecule has 0 bridgehead atoms. The summed E-state index contributed by atoms with van der Waals surface area (Å²) in [4.78, 5) is 0. The van der Waals surface area contributed by atoms with E-state index in [0.717, 1.165) is 0 Å². The molecule has 0 aromatic heterocycles. The summed E-state index contributed by atoms with van der Waals surface area (Å²) < 4.78 is 56.9. The Balaban J connectivity index is 4.40. The number of halogens is 7.